The lowest BCUT2D eigenvalue weighted by Gasteiger charge is -2.33. The van der Waals surface area contributed by atoms with Gasteiger partial charge in [0.05, 0.1) is 13.1 Å². The Balaban J connectivity index is 1.65. The highest BCUT2D eigenvalue weighted by atomic mass is 16.2. The Morgan fingerprint density at radius 3 is 2.05 bits per heavy atom. The van der Waals surface area contributed by atoms with Gasteiger partial charge in [0.2, 0.25) is 11.8 Å². The summed E-state index contributed by atoms with van der Waals surface area (Å²) in [7, 11) is 1.65. The van der Waals surface area contributed by atoms with Gasteiger partial charge in [-0.15, -0.1) is 0 Å². The standard InChI is InChI=1S/C16H24N4O2/c1-17-15(21)12-19-7-9-20(10-8-19)13-16(22)18-11-14-5-3-2-4-6-14/h2-6H,7-13H2,1H3,(H,17,21)(H,18,22). The monoisotopic (exact) mass is 304 g/mol. The van der Waals surface area contributed by atoms with Crippen LogP contribution < -0.4 is 10.6 Å². The van der Waals surface area contributed by atoms with Gasteiger partial charge in [0.25, 0.3) is 0 Å². The first-order chi connectivity index (χ1) is 10.7. The molecular formula is C16H24N4O2. The number of nitrogens with zero attached hydrogens (tertiary/aromatic N) is 2. The van der Waals surface area contributed by atoms with Crippen molar-refractivity contribution in [1.29, 1.82) is 0 Å². The predicted molar refractivity (Wildman–Crippen MR) is 85.2 cm³/mol. The average molecular weight is 304 g/mol. The zero-order chi connectivity index (χ0) is 15.8. The topological polar surface area (TPSA) is 64.7 Å². The summed E-state index contributed by atoms with van der Waals surface area (Å²) in [5.74, 6) is 0.0812. The molecule has 1 saturated heterocycles. The molecule has 2 rings (SSSR count). The predicted octanol–water partition coefficient (Wildman–Crippen LogP) is -0.334. The van der Waals surface area contributed by atoms with Crippen molar-refractivity contribution >= 4 is 11.8 Å². The minimum absolute atomic E-state index is 0.0362. The number of amides is 2. The molecule has 1 aromatic rings. The van der Waals surface area contributed by atoms with E-state index in [2.05, 4.69) is 20.4 Å². The van der Waals surface area contributed by atoms with Crippen molar-refractivity contribution in [3.63, 3.8) is 0 Å². The second-order valence-electron chi connectivity index (χ2n) is 5.49. The Hall–Kier alpha value is -1.92. The zero-order valence-corrected chi connectivity index (χ0v) is 13.0. The van der Waals surface area contributed by atoms with E-state index in [0.29, 0.717) is 19.6 Å². The third-order valence-electron chi connectivity index (χ3n) is 3.81. The number of carbonyl (C=O) groups is 2. The van der Waals surface area contributed by atoms with Gasteiger partial charge in [-0.1, -0.05) is 30.3 Å². The fourth-order valence-corrected chi connectivity index (χ4v) is 2.44. The Morgan fingerprint density at radius 2 is 1.50 bits per heavy atom. The van der Waals surface area contributed by atoms with E-state index in [9.17, 15) is 9.59 Å². The molecule has 22 heavy (non-hydrogen) atoms. The van der Waals surface area contributed by atoms with Crippen LogP contribution in [0.25, 0.3) is 0 Å². The van der Waals surface area contributed by atoms with E-state index < -0.39 is 0 Å². The van der Waals surface area contributed by atoms with Crippen molar-refractivity contribution in [2.24, 2.45) is 0 Å². The average Bonchev–Trinajstić information content (AvgIpc) is 2.55. The maximum atomic E-state index is 12.0. The molecule has 0 bridgehead atoms. The van der Waals surface area contributed by atoms with Crippen LogP contribution >= 0.6 is 0 Å². The summed E-state index contributed by atoms with van der Waals surface area (Å²) in [5.41, 5.74) is 1.10. The number of hydrogen-bond acceptors (Lipinski definition) is 4. The van der Waals surface area contributed by atoms with Gasteiger partial charge < -0.3 is 10.6 Å². The smallest absolute Gasteiger partial charge is 0.234 e. The molecule has 2 amide bonds. The molecule has 1 fully saturated rings. The summed E-state index contributed by atoms with van der Waals surface area (Å²) in [4.78, 5) is 27.5. The number of piperazine rings is 1. The van der Waals surface area contributed by atoms with Crippen LogP contribution in [0, 0.1) is 0 Å². The molecule has 0 spiro atoms. The Bertz CT molecular complexity index is 484. The molecule has 0 saturated carbocycles. The fraction of sp³-hybridized carbons (Fsp3) is 0.500. The molecule has 1 aliphatic heterocycles. The molecular weight excluding hydrogens is 280 g/mol. The summed E-state index contributed by atoms with van der Waals surface area (Å²) >= 11 is 0. The van der Waals surface area contributed by atoms with E-state index in [1.54, 1.807) is 7.05 Å². The maximum absolute atomic E-state index is 12.0. The minimum atomic E-state index is 0.0362. The van der Waals surface area contributed by atoms with Crippen LogP contribution in [0.15, 0.2) is 30.3 Å². The van der Waals surface area contributed by atoms with E-state index in [1.807, 2.05) is 30.3 Å². The Kier molecular flexibility index (Phi) is 6.36. The summed E-state index contributed by atoms with van der Waals surface area (Å²) in [6.07, 6.45) is 0. The van der Waals surface area contributed by atoms with E-state index in [-0.39, 0.29) is 11.8 Å². The highest BCUT2D eigenvalue weighted by Crippen LogP contribution is 2.01. The highest BCUT2D eigenvalue weighted by molar-refractivity contribution is 5.78. The second-order valence-corrected chi connectivity index (χ2v) is 5.49. The Labute approximate surface area is 131 Å². The molecule has 2 N–H and O–H groups in total. The van der Waals surface area contributed by atoms with Gasteiger partial charge >= 0.3 is 0 Å². The van der Waals surface area contributed by atoms with Crippen molar-refractivity contribution in [2.45, 2.75) is 6.54 Å². The first kappa shape index (κ1) is 16.5. The van der Waals surface area contributed by atoms with Gasteiger partial charge in [0.15, 0.2) is 0 Å². The third kappa shape index (κ3) is 5.46. The molecule has 0 aliphatic carbocycles. The molecule has 6 heteroatoms. The summed E-state index contributed by atoms with van der Waals surface area (Å²) in [6.45, 7) is 4.69. The van der Waals surface area contributed by atoms with Crippen LogP contribution in [0.4, 0.5) is 0 Å². The first-order valence-electron chi connectivity index (χ1n) is 7.63. The first-order valence-corrected chi connectivity index (χ1v) is 7.63. The summed E-state index contributed by atoms with van der Waals surface area (Å²) in [5, 5.41) is 5.57. The molecule has 0 radical (unpaired) electrons. The van der Waals surface area contributed by atoms with Gasteiger partial charge in [0, 0.05) is 39.8 Å². The normalized spacial score (nSPS) is 16.2. The molecule has 1 heterocycles. The lowest BCUT2D eigenvalue weighted by atomic mass is 10.2. The molecule has 0 aromatic heterocycles. The number of nitrogens with one attached hydrogen (secondary N) is 2. The van der Waals surface area contributed by atoms with Crippen molar-refractivity contribution in [2.75, 3.05) is 46.3 Å². The molecule has 120 valence electrons. The fourth-order valence-electron chi connectivity index (χ4n) is 2.44. The summed E-state index contributed by atoms with van der Waals surface area (Å²) in [6, 6.07) is 9.89. The number of rotatable bonds is 6. The van der Waals surface area contributed by atoms with Gasteiger partial charge in [-0.2, -0.15) is 0 Å². The number of benzene rings is 1. The third-order valence-corrected chi connectivity index (χ3v) is 3.81. The minimum Gasteiger partial charge on any atom is -0.358 e. The molecule has 1 aliphatic rings. The van der Waals surface area contributed by atoms with Gasteiger partial charge in [0.1, 0.15) is 0 Å². The number of hydrogen-bond donors (Lipinski definition) is 2. The van der Waals surface area contributed by atoms with Crippen LogP contribution in [0.3, 0.4) is 0 Å². The maximum Gasteiger partial charge on any atom is 0.234 e. The van der Waals surface area contributed by atoms with Crippen molar-refractivity contribution in [1.82, 2.24) is 20.4 Å². The van der Waals surface area contributed by atoms with E-state index >= 15 is 0 Å². The molecule has 1 aromatic carbocycles. The van der Waals surface area contributed by atoms with E-state index in [4.69, 9.17) is 0 Å². The van der Waals surface area contributed by atoms with Crippen molar-refractivity contribution in [3.05, 3.63) is 35.9 Å². The van der Waals surface area contributed by atoms with Crippen LogP contribution in [0.1, 0.15) is 5.56 Å². The van der Waals surface area contributed by atoms with Crippen LogP contribution in [-0.4, -0.2) is 67.9 Å². The zero-order valence-electron chi connectivity index (χ0n) is 13.0. The molecule has 0 atom stereocenters. The van der Waals surface area contributed by atoms with Crippen LogP contribution in [-0.2, 0) is 16.1 Å². The van der Waals surface area contributed by atoms with E-state index in [1.165, 1.54) is 0 Å². The number of likely N-dealkylation sites (N-methyl/N-ethyl adjacent to an activating group) is 1. The molecule has 0 unspecified atom stereocenters. The quantitative estimate of drug-likeness (QED) is 0.755. The lowest BCUT2D eigenvalue weighted by Crippen LogP contribution is -2.51. The molecule has 6 nitrogen and oxygen atoms in total. The highest BCUT2D eigenvalue weighted by Gasteiger charge is 2.19. The van der Waals surface area contributed by atoms with Crippen molar-refractivity contribution in [3.8, 4) is 0 Å². The Morgan fingerprint density at radius 1 is 0.955 bits per heavy atom. The summed E-state index contributed by atoms with van der Waals surface area (Å²) < 4.78 is 0. The van der Waals surface area contributed by atoms with Gasteiger partial charge in [-0.25, -0.2) is 0 Å². The van der Waals surface area contributed by atoms with Crippen LogP contribution in [0.2, 0.25) is 0 Å². The second kappa shape index (κ2) is 8.51. The number of carbonyl (C=O) groups excluding carboxylic acids is 2. The largest absolute Gasteiger partial charge is 0.358 e. The van der Waals surface area contributed by atoms with E-state index in [0.717, 1.165) is 31.7 Å². The lowest BCUT2D eigenvalue weighted by molar-refractivity contribution is -0.124. The van der Waals surface area contributed by atoms with Crippen molar-refractivity contribution < 1.29 is 9.59 Å². The van der Waals surface area contributed by atoms with Gasteiger partial charge in [-0.05, 0) is 5.56 Å². The van der Waals surface area contributed by atoms with Crippen LogP contribution in [0.5, 0.6) is 0 Å². The SMILES string of the molecule is CNC(=O)CN1CCN(CC(=O)NCc2ccccc2)CC1. The van der Waals surface area contributed by atoms with Gasteiger partial charge in [-0.3, -0.25) is 19.4 Å².